The lowest BCUT2D eigenvalue weighted by Crippen LogP contribution is -2.39. The third kappa shape index (κ3) is 12.2. The molecule has 0 fully saturated rings. The highest BCUT2D eigenvalue weighted by molar-refractivity contribution is 5.77. The second-order valence-electron chi connectivity index (χ2n) is 6.51. The quantitative estimate of drug-likeness (QED) is 0.657. The molecule has 1 amide bonds. The number of hydrogen-bond acceptors (Lipinski definition) is 3. The van der Waals surface area contributed by atoms with E-state index < -0.39 is 5.60 Å². The van der Waals surface area contributed by atoms with Crippen LogP contribution in [0.4, 0.5) is 0 Å². The van der Waals surface area contributed by atoms with E-state index in [-0.39, 0.29) is 18.1 Å². The predicted octanol–water partition coefficient (Wildman–Crippen LogP) is 2.90. The van der Waals surface area contributed by atoms with E-state index in [1.165, 1.54) is 0 Å². The summed E-state index contributed by atoms with van der Waals surface area (Å²) < 4.78 is 11.3. The van der Waals surface area contributed by atoms with Gasteiger partial charge in [0.15, 0.2) is 0 Å². The molecule has 0 heterocycles. The first-order valence-electron chi connectivity index (χ1n) is 7.21. The van der Waals surface area contributed by atoms with Crippen molar-refractivity contribution in [1.29, 1.82) is 0 Å². The molecule has 0 aromatic heterocycles. The maximum atomic E-state index is 11.6. The fourth-order valence-electron chi connectivity index (χ4n) is 1.35. The van der Waals surface area contributed by atoms with E-state index in [0.717, 1.165) is 25.8 Å². The Hall–Kier alpha value is -0.610. The van der Waals surface area contributed by atoms with Crippen LogP contribution in [0.5, 0.6) is 0 Å². The molecule has 0 bridgehead atoms. The van der Waals surface area contributed by atoms with Gasteiger partial charge in [-0.3, -0.25) is 4.79 Å². The minimum atomic E-state index is -0.450. The van der Waals surface area contributed by atoms with Gasteiger partial charge in [-0.1, -0.05) is 19.8 Å². The molecule has 0 aromatic rings. The van der Waals surface area contributed by atoms with Crippen molar-refractivity contribution in [2.45, 2.75) is 72.0 Å². The van der Waals surface area contributed by atoms with Gasteiger partial charge < -0.3 is 14.8 Å². The molecule has 0 aliphatic rings. The van der Waals surface area contributed by atoms with E-state index in [9.17, 15) is 4.79 Å². The molecule has 4 heteroatoms. The minimum Gasteiger partial charge on any atom is -0.373 e. The van der Waals surface area contributed by atoms with Gasteiger partial charge in [-0.05, 0) is 41.0 Å². The van der Waals surface area contributed by atoms with Crippen LogP contribution in [0.25, 0.3) is 0 Å². The number of unbranched alkanes of at least 4 members (excludes halogenated alkanes) is 2. The summed E-state index contributed by atoms with van der Waals surface area (Å²) in [5.41, 5.74) is -0.642. The van der Waals surface area contributed by atoms with Crippen LogP contribution in [0.2, 0.25) is 0 Å². The van der Waals surface area contributed by atoms with E-state index in [4.69, 9.17) is 9.47 Å². The Labute approximate surface area is 118 Å². The van der Waals surface area contributed by atoms with Crippen molar-refractivity contribution in [2.24, 2.45) is 0 Å². The first-order chi connectivity index (χ1) is 8.66. The van der Waals surface area contributed by atoms with Crippen molar-refractivity contribution in [1.82, 2.24) is 5.32 Å². The van der Waals surface area contributed by atoms with Crippen molar-refractivity contribution in [2.75, 3.05) is 19.8 Å². The maximum Gasteiger partial charge on any atom is 0.246 e. The Kier molecular flexibility index (Phi) is 8.26. The van der Waals surface area contributed by atoms with Crippen LogP contribution in [0.1, 0.15) is 60.8 Å². The predicted molar refractivity (Wildman–Crippen MR) is 78.3 cm³/mol. The molecule has 0 atom stereocenters. The molecule has 0 aliphatic carbocycles. The summed E-state index contributed by atoms with van der Waals surface area (Å²) in [4.78, 5) is 11.6. The molecule has 0 aromatic carbocycles. The van der Waals surface area contributed by atoms with Crippen molar-refractivity contribution in [3.05, 3.63) is 0 Å². The Balaban J connectivity index is 3.80. The van der Waals surface area contributed by atoms with E-state index in [0.29, 0.717) is 6.61 Å². The average molecular weight is 273 g/mol. The lowest BCUT2D eigenvalue weighted by Gasteiger charge is -2.29. The van der Waals surface area contributed by atoms with Crippen molar-refractivity contribution in [3.8, 4) is 0 Å². The molecule has 0 spiro atoms. The molecule has 0 aliphatic heterocycles. The zero-order valence-electron chi connectivity index (χ0n) is 13.5. The second-order valence-corrected chi connectivity index (χ2v) is 6.51. The highest BCUT2D eigenvalue weighted by Gasteiger charge is 2.23. The molecule has 19 heavy (non-hydrogen) atoms. The normalized spacial score (nSPS) is 12.5. The van der Waals surface area contributed by atoms with Crippen LogP contribution >= 0.6 is 0 Å². The minimum absolute atomic E-state index is 0.0556. The number of amides is 1. The molecule has 114 valence electrons. The van der Waals surface area contributed by atoms with Crippen LogP contribution in [-0.2, 0) is 14.3 Å². The molecule has 0 saturated heterocycles. The van der Waals surface area contributed by atoms with Crippen LogP contribution in [0, 0.1) is 0 Å². The van der Waals surface area contributed by atoms with Gasteiger partial charge >= 0.3 is 0 Å². The van der Waals surface area contributed by atoms with Crippen LogP contribution in [-0.4, -0.2) is 36.9 Å². The van der Waals surface area contributed by atoms with Gasteiger partial charge in [-0.2, -0.15) is 0 Å². The smallest absolute Gasteiger partial charge is 0.246 e. The zero-order chi connectivity index (χ0) is 14.9. The number of carbonyl (C=O) groups is 1. The number of hydrogen-bond donors (Lipinski definition) is 1. The summed E-state index contributed by atoms with van der Waals surface area (Å²) >= 11 is 0. The standard InChI is InChI=1S/C15H31NO3/c1-7-8-9-10-16-13(17)11-18-15(5,6)12-19-14(2,3)4/h7-12H2,1-6H3,(H,16,17). The number of ether oxygens (including phenoxy) is 2. The maximum absolute atomic E-state index is 11.6. The lowest BCUT2D eigenvalue weighted by molar-refractivity contribution is -0.141. The van der Waals surface area contributed by atoms with Crippen molar-refractivity contribution in [3.63, 3.8) is 0 Å². The molecule has 0 rings (SSSR count). The summed E-state index contributed by atoms with van der Waals surface area (Å²) in [6, 6.07) is 0. The summed E-state index contributed by atoms with van der Waals surface area (Å²) in [6.45, 7) is 13.3. The van der Waals surface area contributed by atoms with Gasteiger partial charge in [-0.25, -0.2) is 0 Å². The van der Waals surface area contributed by atoms with Crippen LogP contribution < -0.4 is 5.32 Å². The fourth-order valence-corrected chi connectivity index (χ4v) is 1.35. The third-order valence-corrected chi connectivity index (χ3v) is 2.55. The monoisotopic (exact) mass is 273 g/mol. The van der Waals surface area contributed by atoms with E-state index in [2.05, 4.69) is 12.2 Å². The number of carbonyl (C=O) groups excluding carboxylic acids is 1. The summed E-state index contributed by atoms with van der Waals surface area (Å²) in [7, 11) is 0. The molecular weight excluding hydrogens is 242 g/mol. The highest BCUT2D eigenvalue weighted by Crippen LogP contribution is 2.15. The topological polar surface area (TPSA) is 47.6 Å². The highest BCUT2D eigenvalue weighted by atomic mass is 16.6. The van der Waals surface area contributed by atoms with Crippen molar-refractivity contribution >= 4 is 5.91 Å². The Bertz CT molecular complexity index is 257. The largest absolute Gasteiger partial charge is 0.373 e. The Morgan fingerprint density at radius 3 is 2.21 bits per heavy atom. The first-order valence-corrected chi connectivity index (χ1v) is 7.21. The lowest BCUT2D eigenvalue weighted by atomic mass is 10.1. The summed E-state index contributed by atoms with van der Waals surface area (Å²) in [5, 5.41) is 2.86. The van der Waals surface area contributed by atoms with Gasteiger partial charge in [0.2, 0.25) is 5.91 Å². The zero-order valence-corrected chi connectivity index (χ0v) is 13.5. The molecule has 4 nitrogen and oxygen atoms in total. The Morgan fingerprint density at radius 1 is 1.05 bits per heavy atom. The Morgan fingerprint density at radius 2 is 1.68 bits per heavy atom. The van der Waals surface area contributed by atoms with E-state index in [1.807, 2.05) is 34.6 Å². The third-order valence-electron chi connectivity index (χ3n) is 2.55. The SMILES string of the molecule is CCCCCNC(=O)COC(C)(C)COC(C)(C)C. The van der Waals surface area contributed by atoms with E-state index >= 15 is 0 Å². The second kappa shape index (κ2) is 8.54. The molecule has 0 radical (unpaired) electrons. The molecule has 0 saturated carbocycles. The van der Waals surface area contributed by atoms with Crippen molar-refractivity contribution < 1.29 is 14.3 Å². The summed E-state index contributed by atoms with van der Waals surface area (Å²) in [6.07, 6.45) is 3.33. The van der Waals surface area contributed by atoms with E-state index in [1.54, 1.807) is 0 Å². The summed E-state index contributed by atoms with van der Waals surface area (Å²) in [5.74, 6) is -0.0556. The molecular formula is C15H31NO3. The number of nitrogens with one attached hydrogen (secondary N) is 1. The van der Waals surface area contributed by atoms with Gasteiger partial charge in [0, 0.05) is 6.54 Å². The van der Waals surface area contributed by atoms with Gasteiger partial charge in [0.05, 0.1) is 17.8 Å². The van der Waals surface area contributed by atoms with Gasteiger partial charge in [-0.15, -0.1) is 0 Å². The fraction of sp³-hybridized carbons (Fsp3) is 0.933. The molecule has 0 unspecified atom stereocenters. The van der Waals surface area contributed by atoms with Gasteiger partial charge in [0.25, 0.3) is 0 Å². The van der Waals surface area contributed by atoms with Crippen LogP contribution in [0.3, 0.4) is 0 Å². The molecule has 1 N–H and O–H groups in total. The van der Waals surface area contributed by atoms with Crippen LogP contribution in [0.15, 0.2) is 0 Å². The number of rotatable bonds is 9. The van der Waals surface area contributed by atoms with Gasteiger partial charge in [0.1, 0.15) is 6.61 Å². The average Bonchev–Trinajstić information content (AvgIpc) is 2.29. The first kappa shape index (κ1) is 18.4.